The van der Waals surface area contributed by atoms with Crippen LogP contribution in [0.2, 0.25) is 0 Å². The van der Waals surface area contributed by atoms with Gasteiger partial charge in [0.05, 0.1) is 6.67 Å². The van der Waals surface area contributed by atoms with Gasteiger partial charge in [0.2, 0.25) is 0 Å². The Morgan fingerprint density at radius 3 is 2.64 bits per heavy atom. The molecule has 1 aliphatic heterocycles. The molecule has 0 amide bonds. The number of hydrogen-bond donors (Lipinski definition) is 0. The Hall–Kier alpha value is -3.71. The van der Waals surface area contributed by atoms with Gasteiger partial charge in [-0.15, -0.1) is 0 Å². The number of oxazole rings is 1. The highest BCUT2D eigenvalue weighted by Crippen LogP contribution is 2.41. The van der Waals surface area contributed by atoms with Gasteiger partial charge in [-0.25, -0.2) is 4.98 Å². The van der Waals surface area contributed by atoms with Gasteiger partial charge in [-0.3, -0.25) is 14.2 Å². The molecule has 2 aliphatic rings. The Morgan fingerprint density at radius 1 is 1.00 bits per heavy atom. The van der Waals surface area contributed by atoms with E-state index in [9.17, 15) is 8.92 Å². The second-order valence-corrected chi connectivity index (χ2v) is 10.4. The van der Waals surface area contributed by atoms with E-state index in [0.29, 0.717) is 12.3 Å². The second kappa shape index (κ2) is 11.2. The van der Waals surface area contributed by atoms with E-state index in [0.717, 1.165) is 90.0 Å². The molecule has 4 aromatic rings. The Morgan fingerprint density at radius 2 is 1.82 bits per heavy atom. The lowest BCUT2D eigenvalue weighted by Gasteiger charge is -2.18. The molecule has 3 aromatic carbocycles. The molecule has 1 atom stereocenters. The summed E-state index contributed by atoms with van der Waals surface area (Å²) in [6, 6.07) is 19.9. The minimum atomic E-state index is -0.279. The molecular formula is C32H32F2N2O3. The summed E-state index contributed by atoms with van der Waals surface area (Å²) >= 11 is 0. The maximum absolute atomic E-state index is 13.0. The Balaban J connectivity index is 1.36. The number of alkyl halides is 1. The monoisotopic (exact) mass is 530 g/mol. The highest BCUT2D eigenvalue weighted by atomic mass is 19.3. The minimum Gasteiger partial charge on any atom is -0.489 e. The number of hydrogen-bond acceptors (Lipinski definition) is 5. The van der Waals surface area contributed by atoms with Crippen molar-refractivity contribution in [1.82, 2.24) is 9.88 Å². The molecule has 202 valence electrons. The fourth-order valence-electron chi connectivity index (χ4n) is 5.93. The van der Waals surface area contributed by atoms with Gasteiger partial charge in [0.25, 0.3) is 0 Å². The van der Waals surface area contributed by atoms with E-state index in [2.05, 4.69) is 39.1 Å². The average Bonchev–Trinajstić information content (AvgIpc) is 3.51. The van der Waals surface area contributed by atoms with Crippen molar-refractivity contribution in [1.29, 1.82) is 0 Å². The van der Waals surface area contributed by atoms with Gasteiger partial charge in [0, 0.05) is 31.1 Å². The zero-order valence-electron chi connectivity index (χ0n) is 22.1. The van der Waals surface area contributed by atoms with Gasteiger partial charge in [-0.05, 0) is 102 Å². The third-order valence-electron chi connectivity index (χ3n) is 7.74. The molecule has 39 heavy (non-hydrogen) atoms. The molecule has 1 aromatic heterocycles. The normalized spacial score (nSPS) is 17.9. The lowest BCUT2D eigenvalue weighted by molar-refractivity contribution is -0.00629. The van der Waals surface area contributed by atoms with Crippen LogP contribution in [0.1, 0.15) is 53.8 Å². The van der Waals surface area contributed by atoms with Gasteiger partial charge in [0.1, 0.15) is 17.4 Å². The number of nitrogens with zero attached hydrogens (tertiary/aromatic N) is 2. The van der Waals surface area contributed by atoms with Crippen LogP contribution in [0.5, 0.6) is 11.5 Å². The van der Waals surface area contributed by atoms with Crippen molar-refractivity contribution in [2.24, 2.45) is 0 Å². The Bertz CT molecular complexity index is 1500. The van der Waals surface area contributed by atoms with Crippen LogP contribution >= 0.6 is 0 Å². The first-order chi connectivity index (χ1) is 19.1. The van der Waals surface area contributed by atoms with Gasteiger partial charge in [-0.1, -0.05) is 24.3 Å². The SMILES string of the molecule is Cc1nc2cc(C3=C(c4ccc(OC5CCN(CCCF)C5)cc4)c4ccc(OF)cc4CCC3)ccc2o1. The van der Waals surface area contributed by atoms with Gasteiger partial charge in [-0.2, -0.15) is 0 Å². The maximum Gasteiger partial charge on any atom is 0.192 e. The van der Waals surface area contributed by atoms with Crippen LogP contribution in [0, 0.1) is 6.92 Å². The van der Waals surface area contributed by atoms with Gasteiger partial charge >= 0.3 is 0 Å². The molecular weight excluding hydrogens is 498 g/mol. The number of halogens is 2. The molecule has 0 spiro atoms. The average molecular weight is 531 g/mol. The standard InChI is InChI=1S/C32H32F2N2O3/c1-21-35-30-19-24(8-13-31(30)37-21)28-5-2-4-23-18-26(39-34)11-12-29(23)32(28)22-6-9-25(10-7-22)38-27-14-17-36(20-27)16-3-15-33/h6-13,18-19,27H,2-5,14-17,20H2,1H3. The van der Waals surface area contributed by atoms with Crippen molar-refractivity contribution in [2.75, 3.05) is 26.3 Å². The lowest BCUT2D eigenvalue weighted by atomic mass is 9.87. The molecule has 1 aliphatic carbocycles. The van der Waals surface area contributed by atoms with E-state index in [4.69, 9.17) is 9.15 Å². The third kappa shape index (κ3) is 5.41. The first-order valence-electron chi connectivity index (χ1n) is 13.7. The van der Waals surface area contributed by atoms with Crippen LogP contribution in [-0.2, 0) is 6.42 Å². The smallest absolute Gasteiger partial charge is 0.192 e. The molecule has 0 radical (unpaired) electrons. The van der Waals surface area contributed by atoms with Crippen LogP contribution in [0.25, 0.3) is 22.2 Å². The highest BCUT2D eigenvalue weighted by Gasteiger charge is 2.24. The fraction of sp³-hybridized carbons (Fsp3) is 0.344. The van der Waals surface area contributed by atoms with E-state index < -0.39 is 0 Å². The fourth-order valence-corrected chi connectivity index (χ4v) is 5.93. The first kappa shape index (κ1) is 25.6. The second-order valence-electron chi connectivity index (χ2n) is 10.4. The Kier molecular flexibility index (Phi) is 7.33. The number of allylic oxidation sites excluding steroid dienone is 1. The number of rotatable bonds is 8. The van der Waals surface area contributed by atoms with Crippen molar-refractivity contribution in [3.63, 3.8) is 0 Å². The van der Waals surface area contributed by atoms with E-state index in [1.165, 1.54) is 5.57 Å². The van der Waals surface area contributed by atoms with Gasteiger partial charge in [0.15, 0.2) is 17.2 Å². The molecule has 1 fully saturated rings. The summed E-state index contributed by atoms with van der Waals surface area (Å²) in [6.45, 7) is 4.12. The van der Waals surface area contributed by atoms with Crippen molar-refractivity contribution in [3.05, 3.63) is 88.8 Å². The van der Waals surface area contributed by atoms with Gasteiger partial charge < -0.3 is 9.15 Å². The van der Waals surface area contributed by atoms with E-state index >= 15 is 0 Å². The van der Waals surface area contributed by atoms with Crippen molar-refractivity contribution in [3.8, 4) is 11.5 Å². The lowest BCUT2D eigenvalue weighted by Crippen LogP contribution is -2.26. The van der Waals surface area contributed by atoms with Crippen molar-refractivity contribution in [2.45, 2.75) is 45.1 Å². The number of aryl methyl sites for hydroxylation is 2. The highest BCUT2D eigenvalue weighted by molar-refractivity contribution is 6.01. The van der Waals surface area contributed by atoms with Crippen molar-refractivity contribution < 1.29 is 23.0 Å². The van der Waals surface area contributed by atoms with Crippen LogP contribution in [0.4, 0.5) is 8.92 Å². The summed E-state index contributed by atoms with van der Waals surface area (Å²) in [5, 5.41) is 0. The van der Waals surface area contributed by atoms with Crippen LogP contribution in [-0.4, -0.2) is 42.3 Å². The largest absolute Gasteiger partial charge is 0.489 e. The number of aromatic nitrogens is 1. The van der Waals surface area contributed by atoms with Crippen molar-refractivity contribution >= 4 is 22.2 Å². The number of benzene rings is 3. The zero-order chi connectivity index (χ0) is 26.8. The first-order valence-corrected chi connectivity index (χ1v) is 13.7. The quantitative estimate of drug-likeness (QED) is 0.236. The van der Waals surface area contributed by atoms with E-state index in [-0.39, 0.29) is 18.5 Å². The van der Waals surface area contributed by atoms with E-state index in [1.54, 1.807) is 12.1 Å². The Labute approximate surface area is 227 Å². The van der Waals surface area contributed by atoms with E-state index in [1.807, 2.05) is 31.2 Å². The minimum absolute atomic E-state index is 0.112. The topological polar surface area (TPSA) is 47.7 Å². The van der Waals surface area contributed by atoms with Crippen LogP contribution in [0.3, 0.4) is 0 Å². The summed E-state index contributed by atoms with van der Waals surface area (Å²) < 4.78 is 37.6. The predicted octanol–water partition coefficient (Wildman–Crippen LogP) is 7.51. The predicted molar refractivity (Wildman–Crippen MR) is 148 cm³/mol. The number of fused-ring (bicyclic) bond motifs is 2. The zero-order valence-corrected chi connectivity index (χ0v) is 22.1. The molecule has 6 rings (SSSR count). The molecule has 0 saturated carbocycles. The summed E-state index contributed by atoms with van der Waals surface area (Å²) in [7, 11) is 0. The molecule has 7 heteroatoms. The summed E-state index contributed by atoms with van der Waals surface area (Å²) in [5.41, 5.74) is 8.26. The summed E-state index contributed by atoms with van der Waals surface area (Å²) in [5.74, 6) is 1.69. The third-order valence-corrected chi connectivity index (χ3v) is 7.74. The molecule has 1 saturated heterocycles. The number of likely N-dealkylation sites (tertiary alicyclic amines) is 1. The van der Waals surface area contributed by atoms with Crippen LogP contribution in [0.15, 0.2) is 65.1 Å². The molecule has 1 unspecified atom stereocenters. The summed E-state index contributed by atoms with van der Waals surface area (Å²) in [4.78, 5) is 10.9. The summed E-state index contributed by atoms with van der Waals surface area (Å²) in [6.07, 6.45) is 4.25. The van der Waals surface area contributed by atoms with Crippen LogP contribution < -0.4 is 9.68 Å². The molecule has 2 heterocycles. The molecule has 0 N–H and O–H groups in total. The number of ether oxygens (including phenoxy) is 1. The molecule has 5 nitrogen and oxygen atoms in total. The maximum atomic E-state index is 13.0. The molecule has 0 bridgehead atoms.